The van der Waals surface area contributed by atoms with Gasteiger partial charge in [-0.3, -0.25) is 0 Å². The van der Waals surface area contributed by atoms with Crippen LogP contribution in [0.25, 0.3) is 0 Å². The van der Waals surface area contributed by atoms with E-state index in [-0.39, 0.29) is 0 Å². The highest BCUT2D eigenvalue weighted by atomic mass is 79.9. The summed E-state index contributed by atoms with van der Waals surface area (Å²) in [5, 5.41) is 3.17. The number of halogens is 1. The summed E-state index contributed by atoms with van der Waals surface area (Å²) in [5.41, 5.74) is 0. The second kappa shape index (κ2) is 4.41. The number of pyridine rings is 1. The number of aromatic nitrogens is 3. The Morgan fingerprint density at radius 1 is 1.12 bits per heavy atom. The smallest absolute Gasteiger partial charge is 0.135 e. The lowest BCUT2D eigenvalue weighted by atomic mass is 10.4. The first-order valence-electron chi connectivity index (χ1n) is 5.53. The molecule has 17 heavy (non-hydrogen) atoms. The van der Waals surface area contributed by atoms with Crippen LogP contribution in [0.1, 0.15) is 24.6 Å². The van der Waals surface area contributed by atoms with Crippen molar-refractivity contribution < 1.29 is 0 Å². The molecule has 5 heteroatoms. The van der Waals surface area contributed by atoms with E-state index < -0.39 is 0 Å². The van der Waals surface area contributed by atoms with E-state index in [4.69, 9.17) is 0 Å². The number of rotatable bonds is 3. The second-order valence-corrected chi connectivity index (χ2v) is 4.98. The van der Waals surface area contributed by atoms with E-state index in [0.717, 1.165) is 21.9 Å². The molecule has 0 radical (unpaired) electrons. The molecule has 1 aliphatic rings. The maximum atomic E-state index is 4.48. The van der Waals surface area contributed by atoms with E-state index in [2.05, 4.69) is 36.2 Å². The topological polar surface area (TPSA) is 50.7 Å². The molecule has 0 aromatic carbocycles. The number of nitrogens with zero attached hydrogens (tertiary/aromatic N) is 3. The predicted octanol–water partition coefficient (Wildman–Crippen LogP) is 3.26. The van der Waals surface area contributed by atoms with Gasteiger partial charge in [-0.25, -0.2) is 15.0 Å². The van der Waals surface area contributed by atoms with Crippen molar-refractivity contribution in [2.75, 3.05) is 5.32 Å². The molecule has 0 unspecified atom stereocenters. The quantitative estimate of drug-likeness (QED) is 0.943. The first-order valence-corrected chi connectivity index (χ1v) is 6.32. The van der Waals surface area contributed by atoms with Gasteiger partial charge in [0.05, 0.1) is 0 Å². The first-order chi connectivity index (χ1) is 8.31. The standard InChI is InChI=1S/C12H11BrN4/c13-9-3-4-10(15-7-9)16-11-5-6-14-12(17-11)8-1-2-8/h3-8H,1-2H2,(H,14,15,16,17). The average Bonchev–Trinajstić information content (AvgIpc) is 3.17. The lowest BCUT2D eigenvalue weighted by Gasteiger charge is -2.05. The van der Waals surface area contributed by atoms with Gasteiger partial charge in [-0.05, 0) is 47.0 Å². The van der Waals surface area contributed by atoms with Crippen LogP contribution in [0.4, 0.5) is 11.6 Å². The SMILES string of the molecule is Brc1ccc(Nc2ccnc(C3CC3)n2)nc1. The van der Waals surface area contributed by atoms with Gasteiger partial charge in [-0.1, -0.05) is 0 Å². The molecule has 1 N–H and O–H groups in total. The minimum atomic E-state index is 0.564. The van der Waals surface area contributed by atoms with Crippen LogP contribution in [-0.2, 0) is 0 Å². The fourth-order valence-electron chi connectivity index (χ4n) is 1.56. The Labute approximate surface area is 108 Å². The Morgan fingerprint density at radius 2 is 2.00 bits per heavy atom. The van der Waals surface area contributed by atoms with Crippen molar-refractivity contribution >= 4 is 27.6 Å². The Kier molecular flexibility index (Phi) is 2.76. The molecule has 0 spiro atoms. The summed E-state index contributed by atoms with van der Waals surface area (Å²) < 4.78 is 0.962. The highest BCUT2D eigenvalue weighted by Crippen LogP contribution is 2.38. The Bertz CT molecular complexity index is 522. The Hall–Kier alpha value is -1.49. The number of anilines is 2. The molecule has 1 saturated carbocycles. The summed E-state index contributed by atoms with van der Waals surface area (Å²) in [5.74, 6) is 3.09. The van der Waals surface area contributed by atoms with Gasteiger partial charge in [-0.2, -0.15) is 0 Å². The summed E-state index contributed by atoms with van der Waals surface area (Å²) in [6, 6.07) is 5.71. The summed E-state index contributed by atoms with van der Waals surface area (Å²) in [4.78, 5) is 13.0. The van der Waals surface area contributed by atoms with Gasteiger partial charge in [-0.15, -0.1) is 0 Å². The summed E-state index contributed by atoms with van der Waals surface area (Å²) in [6.45, 7) is 0. The Balaban J connectivity index is 1.79. The van der Waals surface area contributed by atoms with Crippen LogP contribution < -0.4 is 5.32 Å². The molecule has 2 aromatic rings. The third-order valence-corrected chi connectivity index (χ3v) is 3.07. The minimum Gasteiger partial charge on any atom is -0.325 e. The molecule has 2 aromatic heterocycles. The number of hydrogen-bond donors (Lipinski definition) is 1. The van der Waals surface area contributed by atoms with Crippen molar-refractivity contribution in [1.82, 2.24) is 15.0 Å². The van der Waals surface area contributed by atoms with Gasteiger partial charge >= 0.3 is 0 Å². The van der Waals surface area contributed by atoms with E-state index in [1.165, 1.54) is 12.8 Å². The predicted molar refractivity (Wildman–Crippen MR) is 69.2 cm³/mol. The van der Waals surface area contributed by atoms with Crippen molar-refractivity contribution in [3.63, 3.8) is 0 Å². The summed E-state index contributed by atoms with van der Waals surface area (Å²) >= 11 is 3.35. The van der Waals surface area contributed by atoms with E-state index in [1.54, 1.807) is 12.4 Å². The van der Waals surface area contributed by atoms with Crippen LogP contribution in [0.3, 0.4) is 0 Å². The summed E-state index contributed by atoms with van der Waals surface area (Å²) in [6.07, 6.45) is 5.97. The van der Waals surface area contributed by atoms with Crippen molar-refractivity contribution in [2.24, 2.45) is 0 Å². The molecular weight excluding hydrogens is 280 g/mol. The van der Waals surface area contributed by atoms with E-state index in [9.17, 15) is 0 Å². The zero-order valence-corrected chi connectivity index (χ0v) is 10.7. The van der Waals surface area contributed by atoms with Crippen molar-refractivity contribution in [2.45, 2.75) is 18.8 Å². The van der Waals surface area contributed by atoms with E-state index in [0.29, 0.717) is 5.92 Å². The third-order valence-electron chi connectivity index (χ3n) is 2.60. The molecule has 1 fully saturated rings. The van der Waals surface area contributed by atoms with Gasteiger partial charge < -0.3 is 5.32 Å². The zero-order valence-electron chi connectivity index (χ0n) is 9.10. The highest BCUT2D eigenvalue weighted by Gasteiger charge is 2.26. The largest absolute Gasteiger partial charge is 0.325 e. The zero-order chi connectivity index (χ0) is 11.7. The molecule has 4 nitrogen and oxygen atoms in total. The molecule has 2 heterocycles. The van der Waals surface area contributed by atoms with Crippen molar-refractivity contribution in [3.05, 3.63) is 40.9 Å². The average molecular weight is 291 g/mol. The van der Waals surface area contributed by atoms with Crippen LogP contribution in [0.15, 0.2) is 35.1 Å². The van der Waals surface area contributed by atoms with Crippen molar-refractivity contribution in [3.8, 4) is 0 Å². The molecular formula is C12H11BrN4. The van der Waals surface area contributed by atoms with Crippen LogP contribution in [0, 0.1) is 0 Å². The highest BCUT2D eigenvalue weighted by molar-refractivity contribution is 9.10. The van der Waals surface area contributed by atoms with Gasteiger partial charge in [0.2, 0.25) is 0 Å². The maximum absolute atomic E-state index is 4.48. The van der Waals surface area contributed by atoms with Gasteiger partial charge in [0.15, 0.2) is 0 Å². The summed E-state index contributed by atoms with van der Waals surface area (Å²) in [7, 11) is 0. The van der Waals surface area contributed by atoms with Crippen LogP contribution in [0.2, 0.25) is 0 Å². The maximum Gasteiger partial charge on any atom is 0.135 e. The molecule has 0 amide bonds. The van der Waals surface area contributed by atoms with Crippen LogP contribution in [-0.4, -0.2) is 15.0 Å². The second-order valence-electron chi connectivity index (χ2n) is 4.06. The molecule has 0 bridgehead atoms. The molecule has 1 aliphatic carbocycles. The fourth-order valence-corrected chi connectivity index (χ4v) is 1.80. The molecule has 86 valence electrons. The molecule has 3 rings (SSSR count). The third kappa shape index (κ3) is 2.61. The van der Waals surface area contributed by atoms with Crippen LogP contribution >= 0.6 is 15.9 Å². The van der Waals surface area contributed by atoms with Crippen molar-refractivity contribution in [1.29, 1.82) is 0 Å². The normalized spacial score (nSPS) is 14.6. The van der Waals surface area contributed by atoms with E-state index >= 15 is 0 Å². The fraction of sp³-hybridized carbons (Fsp3) is 0.250. The number of nitrogens with one attached hydrogen (secondary N) is 1. The number of hydrogen-bond acceptors (Lipinski definition) is 4. The first kappa shape index (κ1) is 10.7. The van der Waals surface area contributed by atoms with Gasteiger partial charge in [0.25, 0.3) is 0 Å². The van der Waals surface area contributed by atoms with Crippen LogP contribution in [0.5, 0.6) is 0 Å². The van der Waals surface area contributed by atoms with E-state index in [1.807, 2.05) is 18.2 Å². The van der Waals surface area contributed by atoms with Gasteiger partial charge in [0, 0.05) is 22.8 Å². The molecule has 0 atom stereocenters. The molecule has 0 saturated heterocycles. The van der Waals surface area contributed by atoms with Gasteiger partial charge in [0.1, 0.15) is 17.5 Å². The lowest BCUT2D eigenvalue weighted by molar-refractivity contribution is 0.929. The Morgan fingerprint density at radius 3 is 2.71 bits per heavy atom. The lowest BCUT2D eigenvalue weighted by Crippen LogP contribution is -1.99. The minimum absolute atomic E-state index is 0.564. The monoisotopic (exact) mass is 290 g/mol. The molecule has 0 aliphatic heterocycles.